The van der Waals surface area contributed by atoms with E-state index in [1.54, 1.807) is 12.1 Å². The van der Waals surface area contributed by atoms with Crippen LogP contribution in [0.3, 0.4) is 0 Å². The summed E-state index contributed by atoms with van der Waals surface area (Å²) in [6.45, 7) is 1.37. The third kappa shape index (κ3) is 8.56. The summed E-state index contributed by atoms with van der Waals surface area (Å²) in [5, 5.41) is 7.37. The van der Waals surface area contributed by atoms with Crippen molar-refractivity contribution in [3.63, 3.8) is 0 Å². The molecule has 0 spiro atoms. The number of nitrogens with zero attached hydrogens (tertiary/aromatic N) is 1. The topological polar surface area (TPSA) is 123 Å². The number of amides is 2. The highest BCUT2D eigenvalue weighted by atomic mass is 35.5. The summed E-state index contributed by atoms with van der Waals surface area (Å²) >= 11 is 24.1. The molecule has 0 atom stereocenters. The number of rotatable bonds is 8. The van der Waals surface area contributed by atoms with Crippen molar-refractivity contribution in [1.29, 1.82) is 0 Å². The van der Waals surface area contributed by atoms with Gasteiger partial charge in [0.1, 0.15) is 11.5 Å². The van der Waals surface area contributed by atoms with Gasteiger partial charge in [0.05, 0.1) is 27.4 Å². The summed E-state index contributed by atoms with van der Waals surface area (Å²) < 4.78 is 11.0. The van der Waals surface area contributed by atoms with E-state index in [2.05, 4.69) is 15.8 Å². The first-order valence-corrected chi connectivity index (χ1v) is 13.7. The number of esters is 2. The number of nitrogens with one attached hydrogen (secondary N) is 2. The molecule has 218 valence electrons. The van der Waals surface area contributed by atoms with Crippen LogP contribution in [0.15, 0.2) is 84.0 Å². The summed E-state index contributed by atoms with van der Waals surface area (Å²) in [7, 11) is 0. The van der Waals surface area contributed by atoms with E-state index in [4.69, 9.17) is 55.9 Å². The second-order valence-electron chi connectivity index (χ2n) is 8.68. The van der Waals surface area contributed by atoms with Crippen LogP contribution in [0.25, 0.3) is 0 Å². The van der Waals surface area contributed by atoms with Crippen molar-refractivity contribution in [3.8, 4) is 11.5 Å². The zero-order chi connectivity index (χ0) is 31.1. The molecular weight excluding hydrogens is 640 g/mol. The molecule has 0 heterocycles. The number of hydrogen-bond donors (Lipinski definition) is 2. The Morgan fingerprint density at radius 3 is 1.86 bits per heavy atom. The zero-order valence-corrected chi connectivity index (χ0v) is 25.0. The van der Waals surface area contributed by atoms with Crippen LogP contribution in [0.4, 0.5) is 5.69 Å². The van der Waals surface area contributed by atoms with E-state index in [1.165, 1.54) is 79.9 Å². The molecule has 0 aliphatic rings. The number of halogens is 4. The second kappa shape index (κ2) is 14.2. The number of benzene rings is 4. The highest BCUT2D eigenvalue weighted by Crippen LogP contribution is 2.29. The molecule has 0 aromatic heterocycles. The van der Waals surface area contributed by atoms with E-state index in [0.29, 0.717) is 15.7 Å². The van der Waals surface area contributed by atoms with Gasteiger partial charge in [-0.3, -0.25) is 9.59 Å². The fourth-order valence-electron chi connectivity index (χ4n) is 3.53. The predicted octanol–water partition coefficient (Wildman–Crippen LogP) is 7.46. The number of anilines is 1. The summed E-state index contributed by atoms with van der Waals surface area (Å²) in [5.41, 5.74) is 3.51. The Morgan fingerprint density at radius 1 is 0.721 bits per heavy atom. The van der Waals surface area contributed by atoms with Crippen molar-refractivity contribution in [1.82, 2.24) is 5.43 Å². The molecule has 2 amide bonds. The van der Waals surface area contributed by atoms with E-state index < -0.39 is 17.8 Å². The van der Waals surface area contributed by atoms with Gasteiger partial charge in [-0.1, -0.05) is 46.4 Å². The molecule has 9 nitrogen and oxygen atoms in total. The quantitative estimate of drug-likeness (QED) is 0.0877. The Hall–Kier alpha value is -4.41. The van der Waals surface area contributed by atoms with Crippen LogP contribution >= 0.6 is 46.4 Å². The van der Waals surface area contributed by atoms with Crippen LogP contribution in [-0.4, -0.2) is 30.0 Å². The second-order valence-corrected chi connectivity index (χ2v) is 10.4. The minimum Gasteiger partial charge on any atom is -0.423 e. The molecule has 4 rings (SSSR count). The van der Waals surface area contributed by atoms with Gasteiger partial charge in [0.25, 0.3) is 5.91 Å². The summed E-state index contributed by atoms with van der Waals surface area (Å²) in [5.74, 6) is -2.45. The van der Waals surface area contributed by atoms with Gasteiger partial charge < -0.3 is 14.8 Å². The highest BCUT2D eigenvalue weighted by Gasteiger charge is 2.18. The van der Waals surface area contributed by atoms with Crippen LogP contribution < -0.4 is 20.2 Å². The zero-order valence-electron chi connectivity index (χ0n) is 22.0. The first-order chi connectivity index (χ1) is 20.5. The fraction of sp³-hybridized carbons (Fsp3) is 0.0333. The van der Waals surface area contributed by atoms with E-state index in [-0.39, 0.29) is 49.7 Å². The molecule has 4 aromatic rings. The van der Waals surface area contributed by atoms with Crippen molar-refractivity contribution in [2.75, 3.05) is 5.32 Å². The maximum atomic E-state index is 13.0. The summed E-state index contributed by atoms with van der Waals surface area (Å²) in [6.07, 6.45) is 1.23. The molecule has 0 fully saturated rings. The highest BCUT2D eigenvalue weighted by molar-refractivity contribution is 6.37. The first-order valence-electron chi connectivity index (χ1n) is 12.2. The van der Waals surface area contributed by atoms with Crippen molar-refractivity contribution >= 4 is 82.1 Å². The van der Waals surface area contributed by atoms with Crippen LogP contribution in [0, 0.1) is 0 Å². The molecular formula is C30H19Cl4N3O6. The molecule has 2 N–H and O–H groups in total. The van der Waals surface area contributed by atoms with Crippen LogP contribution in [0.5, 0.6) is 11.5 Å². The molecule has 0 aliphatic carbocycles. The SMILES string of the molecule is CC(=O)Nc1ccc(C(=O)N/N=C/c2ccc(OC(=O)c3ccc(Cl)cc3Cl)cc2OC(=O)c2ccc(Cl)cc2Cl)cc1. The van der Waals surface area contributed by atoms with Crippen LogP contribution in [0.2, 0.25) is 20.1 Å². The van der Waals surface area contributed by atoms with Gasteiger partial charge in [-0.25, -0.2) is 15.0 Å². The van der Waals surface area contributed by atoms with Gasteiger partial charge >= 0.3 is 11.9 Å². The van der Waals surface area contributed by atoms with E-state index >= 15 is 0 Å². The van der Waals surface area contributed by atoms with Crippen molar-refractivity contribution in [2.24, 2.45) is 5.10 Å². The maximum Gasteiger partial charge on any atom is 0.345 e. The minimum absolute atomic E-state index is 0.0152. The lowest BCUT2D eigenvalue weighted by atomic mass is 10.2. The monoisotopic (exact) mass is 657 g/mol. The summed E-state index contributed by atoms with van der Waals surface area (Å²) in [4.78, 5) is 49.4. The normalized spacial score (nSPS) is 10.7. The van der Waals surface area contributed by atoms with Gasteiger partial charge in [0, 0.05) is 39.8 Å². The van der Waals surface area contributed by atoms with Gasteiger partial charge in [-0.15, -0.1) is 0 Å². The minimum atomic E-state index is -0.830. The Labute approximate surface area is 265 Å². The molecule has 0 unspecified atom stereocenters. The molecule has 43 heavy (non-hydrogen) atoms. The molecule has 0 aliphatic heterocycles. The smallest absolute Gasteiger partial charge is 0.345 e. The molecule has 4 aromatic carbocycles. The number of carbonyl (C=O) groups excluding carboxylic acids is 4. The molecule has 13 heteroatoms. The Bertz CT molecular complexity index is 1760. The Kier molecular flexibility index (Phi) is 10.4. The van der Waals surface area contributed by atoms with E-state index in [1.807, 2.05) is 0 Å². The van der Waals surface area contributed by atoms with E-state index in [9.17, 15) is 19.2 Å². The Balaban J connectivity index is 1.57. The fourth-order valence-corrected chi connectivity index (χ4v) is 4.50. The molecule has 0 radical (unpaired) electrons. The average molecular weight is 659 g/mol. The third-order valence-electron chi connectivity index (χ3n) is 5.54. The van der Waals surface area contributed by atoms with Crippen molar-refractivity contribution in [3.05, 3.63) is 121 Å². The van der Waals surface area contributed by atoms with Crippen LogP contribution in [0.1, 0.15) is 43.6 Å². The standard InChI is InChI=1S/C30H19Cl4N3O6/c1-16(38)36-21-7-2-17(3-8-21)28(39)37-35-15-18-4-9-22(42-29(40)23-10-5-19(31)12-25(23)33)14-27(18)43-30(41)24-11-6-20(32)13-26(24)34/h2-15H,1H3,(H,36,38)(H,37,39)/b35-15+. The Morgan fingerprint density at radius 2 is 1.30 bits per heavy atom. The maximum absolute atomic E-state index is 13.0. The molecule has 0 saturated carbocycles. The lowest BCUT2D eigenvalue weighted by Crippen LogP contribution is -2.18. The van der Waals surface area contributed by atoms with Gasteiger partial charge in [-0.05, 0) is 72.8 Å². The van der Waals surface area contributed by atoms with Crippen molar-refractivity contribution in [2.45, 2.75) is 6.92 Å². The van der Waals surface area contributed by atoms with Crippen LogP contribution in [-0.2, 0) is 4.79 Å². The van der Waals surface area contributed by atoms with Crippen molar-refractivity contribution < 1.29 is 28.7 Å². The third-order valence-corrected chi connectivity index (χ3v) is 6.63. The lowest BCUT2D eigenvalue weighted by Gasteiger charge is -2.12. The van der Waals surface area contributed by atoms with Gasteiger partial charge in [0.15, 0.2) is 0 Å². The number of hydrazone groups is 1. The van der Waals surface area contributed by atoms with Gasteiger partial charge in [-0.2, -0.15) is 5.10 Å². The molecule has 0 saturated heterocycles. The number of hydrogen-bond acceptors (Lipinski definition) is 7. The first kappa shape index (κ1) is 31.5. The van der Waals surface area contributed by atoms with E-state index in [0.717, 1.165) is 0 Å². The number of carbonyl (C=O) groups is 4. The number of ether oxygens (including phenoxy) is 2. The average Bonchev–Trinajstić information content (AvgIpc) is 2.94. The largest absolute Gasteiger partial charge is 0.423 e. The predicted molar refractivity (Wildman–Crippen MR) is 165 cm³/mol. The van der Waals surface area contributed by atoms with Gasteiger partial charge in [0.2, 0.25) is 5.91 Å². The lowest BCUT2D eigenvalue weighted by molar-refractivity contribution is -0.114. The summed E-state index contributed by atoms with van der Waals surface area (Å²) in [6, 6.07) is 18.9. The molecule has 0 bridgehead atoms.